The Hall–Kier alpha value is -4.40. The van der Waals surface area contributed by atoms with Crippen LogP contribution in [0, 0.1) is 0 Å². The number of phenolic OH excluding ortho intramolecular Hbond substituents is 2. The normalized spacial score (nSPS) is 19.4. The Labute approximate surface area is 257 Å². The first-order valence-electron chi connectivity index (χ1n) is 15.2. The summed E-state index contributed by atoms with van der Waals surface area (Å²) in [5, 5.41) is 26.3. The standard InChI is InChI=1S/C36H38N2O6/c1-38-13-11-25-18-33(42-3)36-35(40)34(25)28(38)15-23-8-9-29(39)30(16-23)44-32-19-26-24(17-31(32)41-2)10-12-37-27(26)14-21-4-6-22(7-5-21)20-43-36/h4-9,16-19,27-28,37,39-40H,10-15,20H2,1-3H3/t27?,28-/m0/s1. The van der Waals surface area contributed by atoms with Crippen LogP contribution in [0.4, 0.5) is 0 Å². The van der Waals surface area contributed by atoms with E-state index in [4.69, 9.17) is 18.9 Å². The molecular weight excluding hydrogens is 556 g/mol. The maximum absolute atomic E-state index is 11.7. The number of likely N-dealkylation sites (N-methyl/N-ethyl adjacent to an activating group) is 1. The number of hydrogen-bond acceptors (Lipinski definition) is 8. The minimum atomic E-state index is -0.126. The van der Waals surface area contributed by atoms with Crippen molar-refractivity contribution >= 4 is 0 Å². The van der Waals surface area contributed by atoms with Gasteiger partial charge in [-0.2, -0.15) is 0 Å². The van der Waals surface area contributed by atoms with Gasteiger partial charge in [0.1, 0.15) is 6.61 Å². The molecule has 228 valence electrons. The number of fused-ring (bicyclic) bond motifs is 3. The van der Waals surface area contributed by atoms with Crippen LogP contribution in [0.25, 0.3) is 0 Å². The minimum Gasteiger partial charge on any atom is -0.504 e. The fraction of sp³-hybridized carbons (Fsp3) is 0.333. The molecular formula is C36H38N2O6. The van der Waals surface area contributed by atoms with E-state index < -0.39 is 0 Å². The molecule has 8 nitrogen and oxygen atoms in total. The molecule has 4 aromatic carbocycles. The summed E-state index contributed by atoms with van der Waals surface area (Å²) < 4.78 is 24.1. The van der Waals surface area contributed by atoms with E-state index in [-0.39, 0.29) is 23.6 Å². The second-order valence-corrected chi connectivity index (χ2v) is 12.0. The van der Waals surface area contributed by atoms with Gasteiger partial charge in [-0.1, -0.05) is 30.3 Å². The number of ether oxygens (including phenoxy) is 4. The van der Waals surface area contributed by atoms with Gasteiger partial charge in [0.25, 0.3) is 0 Å². The average Bonchev–Trinajstić information content (AvgIpc) is 3.03. The second-order valence-electron chi connectivity index (χ2n) is 12.0. The van der Waals surface area contributed by atoms with Crippen molar-refractivity contribution in [2.45, 2.75) is 44.4 Å². The lowest BCUT2D eigenvalue weighted by Crippen LogP contribution is -2.33. The van der Waals surface area contributed by atoms with Crippen LogP contribution < -0.4 is 24.3 Å². The predicted molar refractivity (Wildman–Crippen MR) is 168 cm³/mol. The van der Waals surface area contributed by atoms with E-state index in [2.05, 4.69) is 53.7 Å². The Kier molecular flexibility index (Phi) is 7.48. The molecule has 4 heterocycles. The summed E-state index contributed by atoms with van der Waals surface area (Å²) in [6.07, 6.45) is 3.07. The van der Waals surface area contributed by atoms with Crippen LogP contribution >= 0.6 is 0 Å². The van der Waals surface area contributed by atoms with Gasteiger partial charge in [0.15, 0.2) is 34.5 Å². The molecule has 2 atom stereocenters. The third kappa shape index (κ3) is 5.18. The van der Waals surface area contributed by atoms with Gasteiger partial charge in [-0.05, 0) is 103 Å². The summed E-state index contributed by atoms with van der Waals surface area (Å²) in [4.78, 5) is 2.25. The first kappa shape index (κ1) is 28.4. The van der Waals surface area contributed by atoms with Crippen LogP contribution in [-0.4, -0.2) is 49.5 Å². The zero-order valence-electron chi connectivity index (χ0n) is 25.4. The van der Waals surface area contributed by atoms with Crippen LogP contribution in [-0.2, 0) is 32.3 Å². The number of aromatic hydroxyl groups is 2. The number of nitrogens with zero attached hydrogens (tertiary/aromatic N) is 1. The van der Waals surface area contributed by atoms with E-state index in [1.54, 1.807) is 20.3 Å². The molecule has 8 bridgehead atoms. The van der Waals surface area contributed by atoms with Crippen molar-refractivity contribution in [3.8, 4) is 40.2 Å². The molecule has 4 aromatic rings. The summed E-state index contributed by atoms with van der Waals surface area (Å²) in [6, 6.07) is 19.9. The van der Waals surface area contributed by atoms with Crippen molar-refractivity contribution in [3.05, 3.63) is 99.6 Å². The number of benzene rings is 4. The van der Waals surface area contributed by atoms with Crippen LogP contribution in [0.2, 0.25) is 0 Å². The Morgan fingerprint density at radius 1 is 0.818 bits per heavy atom. The SMILES string of the molecule is COc1cc2c3cc1Oc1cc(ccc1O)C[C@H]1c4c(cc(OC)c(c4O)OCc4ccc(cc4)CC3NCC2)CCN1C. The average molecular weight is 595 g/mol. The van der Waals surface area contributed by atoms with E-state index in [0.29, 0.717) is 41.8 Å². The summed E-state index contributed by atoms with van der Waals surface area (Å²) in [5.74, 6) is 2.58. The van der Waals surface area contributed by atoms with Crippen LogP contribution in [0.1, 0.15) is 51.0 Å². The summed E-state index contributed by atoms with van der Waals surface area (Å²) >= 11 is 0. The predicted octanol–water partition coefficient (Wildman–Crippen LogP) is 6.00. The van der Waals surface area contributed by atoms with E-state index >= 15 is 0 Å². The smallest absolute Gasteiger partial charge is 0.204 e. The fourth-order valence-corrected chi connectivity index (χ4v) is 6.84. The first-order chi connectivity index (χ1) is 21.4. The molecule has 0 amide bonds. The maximum Gasteiger partial charge on any atom is 0.204 e. The lowest BCUT2D eigenvalue weighted by molar-refractivity contribution is 0.216. The highest BCUT2D eigenvalue weighted by Crippen LogP contribution is 2.48. The molecule has 0 aliphatic carbocycles. The Morgan fingerprint density at radius 2 is 1.57 bits per heavy atom. The van der Waals surface area contributed by atoms with Crippen LogP contribution in [0.3, 0.4) is 0 Å². The van der Waals surface area contributed by atoms with Gasteiger partial charge in [-0.3, -0.25) is 4.90 Å². The zero-order chi connectivity index (χ0) is 30.4. The van der Waals surface area contributed by atoms with Crippen LogP contribution in [0.5, 0.6) is 40.2 Å². The van der Waals surface area contributed by atoms with E-state index in [9.17, 15) is 10.2 Å². The van der Waals surface area contributed by atoms with Gasteiger partial charge < -0.3 is 34.5 Å². The number of hydrogen-bond donors (Lipinski definition) is 3. The van der Waals surface area contributed by atoms with Crippen molar-refractivity contribution in [2.24, 2.45) is 0 Å². The second kappa shape index (κ2) is 11.6. The topological polar surface area (TPSA) is 92.7 Å². The third-order valence-corrected chi connectivity index (χ3v) is 9.27. The third-order valence-electron chi connectivity index (χ3n) is 9.27. The molecule has 44 heavy (non-hydrogen) atoms. The number of rotatable bonds is 2. The quantitative estimate of drug-likeness (QED) is 0.260. The Balaban J connectivity index is 1.37. The molecule has 0 aromatic heterocycles. The molecule has 0 saturated carbocycles. The molecule has 3 N–H and O–H groups in total. The molecule has 0 spiro atoms. The monoisotopic (exact) mass is 594 g/mol. The molecule has 8 rings (SSSR count). The van der Waals surface area contributed by atoms with Gasteiger partial charge in [-0.25, -0.2) is 0 Å². The Morgan fingerprint density at radius 3 is 2.36 bits per heavy atom. The summed E-state index contributed by atoms with van der Waals surface area (Å²) in [7, 11) is 5.31. The van der Waals surface area contributed by atoms with Crippen LogP contribution in [0.15, 0.2) is 60.7 Å². The minimum absolute atomic E-state index is 0.0473. The van der Waals surface area contributed by atoms with Gasteiger partial charge in [-0.15, -0.1) is 0 Å². The molecule has 0 radical (unpaired) electrons. The number of methoxy groups -OCH3 is 2. The molecule has 4 aliphatic rings. The lowest BCUT2D eigenvalue weighted by Gasteiger charge is -2.36. The van der Waals surface area contributed by atoms with E-state index in [1.165, 1.54) is 16.7 Å². The van der Waals surface area contributed by atoms with Crippen molar-refractivity contribution in [1.29, 1.82) is 0 Å². The molecule has 8 heteroatoms. The summed E-state index contributed by atoms with van der Waals surface area (Å²) in [6.45, 7) is 2.00. The highest BCUT2D eigenvalue weighted by molar-refractivity contribution is 5.61. The number of nitrogens with one attached hydrogen (secondary N) is 1. The zero-order valence-corrected chi connectivity index (χ0v) is 25.4. The molecule has 4 aliphatic heterocycles. The molecule has 1 unspecified atom stereocenters. The molecule has 0 saturated heterocycles. The van der Waals surface area contributed by atoms with Gasteiger partial charge in [0.2, 0.25) is 5.75 Å². The molecule has 0 fully saturated rings. The highest BCUT2D eigenvalue weighted by Gasteiger charge is 2.32. The maximum atomic E-state index is 11.7. The van der Waals surface area contributed by atoms with Gasteiger partial charge in [0, 0.05) is 24.2 Å². The van der Waals surface area contributed by atoms with Crippen molar-refractivity contribution in [3.63, 3.8) is 0 Å². The van der Waals surface area contributed by atoms with Crippen molar-refractivity contribution in [2.75, 3.05) is 34.4 Å². The van der Waals surface area contributed by atoms with Gasteiger partial charge >= 0.3 is 0 Å². The van der Waals surface area contributed by atoms with Gasteiger partial charge in [0.05, 0.1) is 14.2 Å². The van der Waals surface area contributed by atoms with E-state index in [0.717, 1.165) is 54.6 Å². The first-order valence-corrected chi connectivity index (χ1v) is 15.2. The fourth-order valence-electron chi connectivity index (χ4n) is 6.84. The highest BCUT2D eigenvalue weighted by atomic mass is 16.5. The lowest BCUT2D eigenvalue weighted by atomic mass is 9.87. The van der Waals surface area contributed by atoms with E-state index in [1.807, 2.05) is 18.2 Å². The largest absolute Gasteiger partial charge is 0.504 e. The number of phenols is 2. The Bertz CT molecular complexity index is 1700. The van der Waals surface area contributed by atoms with Crippen molar-refractivity contribution < 1.29 is 29.2 Å². The van der Waals surface area contributed by atoms with Crippen molar-refractivity contribution in [1.82, 2.24) is 10.2 Å². The summed E-state index contributed by atoms with van der Waals surface area (Å²) in [5.41, 5.74) is 7.44.